The number of aromatic nitrogens is 2. The molecule has 9 heteroatoms. The van der Waals surface area contributed by atoms with Crippen molar-refractivity contribution in [3.63, 3.8) is 0 Å². The molecule has 0 bridgehead atoms. The number of imidazole rings is 1. The summed E-state index contributed by atoms with van der Waals surface area (Å²) in [6.07, 6.45) is 3.96. The predicted octanol–water partition coefficient (Wildman–Crippen LogP) is 4.43. The lowest BCUT2D eigenvalue weighted by Gasteiger charge is -2.16. The first-order valence-corrected chi connectivity index (χ1v) is 13.4. The second-order valence-electron chi connectivity index (χ2n) is 8.32. The molecule has 3 heterocycles. The number of rotatable bonds is 7. The predicted molar refractivity (Wildman–Crippen MR) is 123 cm³/mol. The number of thioether (sulfide) groups is 1. The Kier molecular flexibility index (Phi) is 6.24. The van der Waals surface area contributed by atoms with Crippen molar-refractivity contribution in [2.45, 2.75) is 54.1 Å². The van der Waals surface area contributed by atoms with Crippen molar-refractivity contribution >= 4 is 32.8 Å². The van der Waals surface area contributed by atoms with E-state index in [1.54, 1.807) is 22.5 Å². The van der Waals surface area contributed by atoms with Gasteiger partial charge in [0.25, 0.3) is 0 Å². The average molecular weight is 476 g/mol. The topological polar surface area (TPSA) is 64.4 Å². The number of benzene rings is 2. The van der Waals surface area contributed by atoms with Gasteiger partial charge < -0.3 is 9.30 Å². The van der Waals surface area contributed by atoms with Crippen LogP contribution in [-0.2, 0) is 27.1 Å². The smallest absolute Gasteiger partial charge is 0.243 e. The van der Waals surface area contributed by atoms with Gasteiger partial charge in [-0.2, -0.15) is 4.31 Å². The van der Waals surface area contributed by atoms with Crippen LogP contribution in [0.4, 0.5) is 4.39 Å². The summed E-state index contributed by atoms with van der Waals surface area (Å²) in [6.45, 7) is 2.58. The van der Waals surface area contributed by atoms with Gasteiger partial charge in [0.15, 0.2) is 5.16 Å². The average Bonchev–Trinajstić information content (AvgIpc) is 3.54. The van der Waals surface area contributed by atoms with E-state index in [1.807, 2.05) is 12.1 Å². The largest absolute Gasteiger partial charge is 0.376 e. The maximum Gasteiger partial charge on any atom is 0.243 e. The van der Waals surface area contributed by atoms with Crippen LogP contribution >= 0.6 is 11.8 Å². The number of hydrogen-bond donors (Lipinski definition) is 0. The highest BCUT2D eigenvalue weighted by Gasteiger charge is 2.28. The Morgan fingerprint density at radius 2 is 1.97 bits per heavy atom. The van der Waals surface area contributed by atoms with Gasteiger partial charge in [0, 0.05) is 25.4 Å². The van der Waals surface area contributed by atoms with Crippen LogP contribution in [0.15, 0.2) is 52.5 Å². The van der Waals surface area contributed by atoms with Crippen LogP contribution in [-0.4, -0.2) is 48.1 Å². The minimum absolute atomic E-state index is 0.119. The van der Waals surface area contributed by atoms with Crippen LogP contribution in [0.1, 0.15) is 31.2 Å². The van der Waals surface area contributed by atoms with Gasteiger partial charge in [-0.25, -0.2) is 17.8 Å². The number of sulfonamides is 1. The fraction of sp³-hybridized carbons (Fsp3) is 0.435. The summed E-state index contributed by atoms with van der Waals surface area (Å²) in [5.41, 5.74) is 2.43. The fourth-order valence-corrected chi connectivity index (χ4v) is 6.88. The van der Waals surface area contributed by atoms with Gasteiger partial charge in [-0.1, -0.05) is 23.9 Å². The van der Waals surface area contributed by atoms with Gasteiger partial charge in [0.05, 0.1) is 28.6 Å². The molecule has 2 aromatic carbocycles. The molecule has 3 aromatic rings. The molecule has 6 nitrogen and oxygen atoms in total. The first-order chi connectivity index (χ1) is 15.5. The van der Waals surface area contributed by atoms with E-state index >= 15 is 0 Å². The maximum atomic E-state index is 13.6. The van der Waals surface area contributed by atoms with Gasteiger partial charge >= 0.3 is 0 Å². The molecule has 5 rings (SSSR count). The van der Waals surface area contributed by atoms with Crippen molar-refractivity contribution in [2.75, 3.05) is 19.7 Å². The van der Waals surface area contributed by atoms with E-state index in [9.17, 15) is 12.8 Å². The molecule has 0 spiro atoms. The minimum Gasteiger partial charge on any atom is -0.376 e. The summed E-state index contributed by atoms with van der Waals surface area (Å²) in [5, 5.41) is 0.787. The Hall–Kier alpha value is -1.94. The lowest BCUT2D eigenvalue weighted by Crippen LogP contribution is -2.27. The molecule has 2 fully saturated rings. The summed E-state index contributed by atoms with van der Waals surface area (Å²) in [6, 6.07) is 11.8. The van der Waals surface area contributed by atoms with Crippen molar-refractivity contribution in [3.8, 4) is 0 Å². The molecule has 2 aliphatic rings. The quantitative estimate of drug-likeness (QED) is 0.473. The summed E-state index contributed by atoms with van der Waals surface area (Å²) in [5.74, 6) is 0.318. The van der Waals surface area contributed by atoms with Crippen molar-refractivity contribution in [1.29, 1.82) is 0 Å². The molecule has 32 heavy (non-hydrogen) atoms. The third-order valence-electron chi connectivity index (χ3n) is 6.05. The van der Waals surface area contributed by atoms with Crippen LogP contribution < -0.4 is 0 Å². The fourth-order valence-electron chi connectivity index (χ4n) is 4.38. The van der Waals surface area contributed by atoms with Crippen LogP contribution in [0, 0.1) is 5.82 Å². The molecule has 1 aromatic heterocycles. The van der Waals surface area contributed by atoms with Crippen molar-refractivity contribution in [1.82, 2.24) is 13.9 Å². The number of nitrogens with zero attached hydrogens (tertiary/aromatic N) is 3. The molecule has 2 saturated heterocycles. The molecule has 0 N–H and O–H groups in total. The molecule has 0 amide bonds. The van der Waals surface area contributed by atoms with E-state index in [1.165, 1.54) is 23.9 Å². The third-order valence-corrected chi connectivity index (χ3v) is 9.00. The Balaban J connectivity index is 1.48. The molecule has 170 valence electrons. The molecular formula is C23H26FN3O3S2. The van der Waals surface area contributed by atoms with E-state index in [2.05, 4.69) is 4.57 Å². The molecule has 0 radical (unpaired) electrons. The van der Waals surface area contributed by atoms with Crippen LogP contribution in [0.25, 0.3) is 11.0 Å². The van der Waals surface area contributed by atoms with Gasteiger partial charge in [-0.15, -0.1) is 0 Å². The van der Waals surface area contributed by atoms with Gasteiger partial charge in [0.1, 0.15) is 5.82 Å². The molecular weight excluding hydrogens is 449 g/mol. The maximum absolute atomic E-state index is 13.6. The Morgan fingerprint density at radius 1 is 1.12 bits per heavy atom. The SMILES string of the molecule is O=S(=O)(c1ccc2c(c1)nc(SCc1cccc(F)c1)n2C[C@@H]1CCCO1)N1CCCC1. The van der Waals surface area contributed by atoms with E-state index in [0.717, 1.165) is 48.5 Å². The number of fused-ring (bicyclic) bond motifs is 1. The highest BCUT2D eigenvalue weighted by molar-refractivity contribution is 7.98. The highest BCUT2D eigenvalue weighted by Crippen LogP contribution is 2.31. The first kappa shape index (κ1) is 21.9. The molecule has 1 atom stereocenters. The second-order valence-corrected chi connectivity index (χ2v) is 11.2. The van der Waals surface area contributed by atoms with Crippen molar-refractivity contribution in [3.05, 3.63) is 53.8 Å². The monoisotopic (exact) mass is 475 g/mol. The Labute approximate surface area is 191 Å². The summed E-state index contributed by atoms with van der Waals surface area (Å²) < 4.78 is 49.1. The summed E-state index contributed by atoms with van der Waals surface area (Å²) in [7, 11) is -3.51. The van der Waals surface area contributed by atoms with E-state index < -0.39 is 10.0 Å². The summed E-state index contributed by atoms with van der Waals surface area (Å²) >= 11 is 1.53. The molecule has 0 unspecified atom stereocenters. The minimum atomic E-state index is -3.51. The standard InChI is InChI=1S/C23H26FN3O3S2/c24-18-6-3-5-17(13-18)16-31-23-25-21-14-20(32(28,29)26-10-1-2-11-26)8-9-22(21)27(23)15-19-7-4-12-30-19/h3,5-6,8-9,13-14,19H,1-2,4,7,10-12,15-16H2/t19-/m0/s1. The van der Waals surface area contributed by atoms with E-state index in [4.69, 9.17) is 9.72 Å². The van der Waals surface area contributed by atoms with Crippen LogP contribution in [0.2, 0.25) is 0 Å². The number of ether oxygens (including phenoxy) is 1. The lowest BCUT2D eigenvalue weighted by atomic mass is 10.2. The van der Waals surface area contributed by atoms with E-state index in [0.29, 0.717) is 30.9 Å². The second kappa shape index (κ2) is 9.13. The van der Waals surface area contributed by atoms with Gasteiger partial charge in [-0.3, -0.25) is 0 Å². The molecule has 0 aliphatic carbocycles. The van der Waals surface area contributed by atoms with Gasteiger partial charge in [-0.05, 0) is 61.6 Å². The normalized spacial score (nSPS) is 19.8. The molecule has 0 saturated carbocycles. The first-order valence-electron chi connectivity index (χ1n) is 11.0. The van der Waals surface area contributed by atoms with Crippen molar-refractivity contribution in [2.24, 2.45) is 0 Å². The van der Waals surface area contributed by atoms with Gasteiger partial charge in [0.2, 0.25) is 10.0 Å². The van der Waals surface area contributed by atoms with Crippen LogP contribution in [0.3, 0.4) is 0 Å². The summed E-state index contributed by atoms with van der Waals surface area (Å²) in [4.78, 5) is 5.07. The zero-order valence-electron chi connectivity index (χ0n) is 17.7. The molecule has 2 aliphatic heterocycles. The zero-order chi connectivity index (χ0) is 22.1. The number of hydrogen-bond acceptors (Lipinski definition) is 5. The Bertz CT molecular complexity index is 1220. The zero-order valence-corrected chi connectivity index (χ0v) is 19.4. The lowest BCUT2D eigenvalue weighted by molar-refractivity contribution is 0.0960. The Morgan fingerprint density at radius 3 is 2.72 bits per heavy atom. The highest BCUT2D eigenvalue weighted by atomic mass is 32.2. The van der Waals surface area contributed by atoms with Crippen molar-refractivity contribution < 1.29 is 17.5 Å². The van der Waals surface area contributed by atoms with E-state index in [-0.39, 0.29) is 16.8 Å². The number of halogens is 1. The third kappa shape index (κ3) is 4.44. The van der Waals surface area contributed by atoms with Crippen LogP contribution in [0.5, 0.6) is 0 Å².